The van der Waals surface area contributed by atoms with Gasteiger partial charge in [-0.1, -0.05) is 98.0 Å². The number of carbonyl (C=O) groups is 3. The molecule has 0 bridgehead atoms. The zero-order valence-electron chi connectivity index (χ0n) is 24.8. The van der Waals surface area contributed by atoms with Crippen molar-refractivity contribution < 1.29 is 34.2 Å². The summed E-state index contributed by atoms with van der Waals surface area (Å²) in [5.74, 6) is -4.67. The lowest BCUT2D eigenvalue weighted by Gasteiger charge is -2.42. The van der Waals surface area contributed by atoms with Crippen molar-refractivity contribution in [2.24, 2.45) is 17.8 Å². The van der Waals surface area contributed by atoms with Crippen LogP contribution < -0.4 is 0 Å². The normalized spacial score (nSPS) is 15.7. The van der Waals surface area contributed by atoms with E-state index < -0.39 is 35.7 Å². The first kappa shape index (κ1) is 36.1. The molecule has 222 valence electrons. The molecule has 0 aromatic rings. The van der Waals surface area contributed by atoms with E-state index in [0.29, 0.717) is 25.8 Å². The molecule has 0 aliphatic heterocycles. The highest BCUT2D eigenvalue weighted by Gasteiger charge is 2.39. The molecule has 38 heavy (non-hydrogen) atoms. The van der Waals surface area contributed by atoms with E-state index in [1.165, 1.54) is 64.2 Å². The second-order valence-electron chi connectivity index (χ2n) is 11.2. The van der Waals surface area contributed by atoms with Crippen LogP contribution in [0, 0.1) is 17.8 Å². The van der Waals surface area contributed by atoms with Crippen LogP contribution in [0.3, 0.4) is 0 Å². The fourth-order valence-corrected chi connectivity index (χ4v) is 5.34. The van der Waals surface area contributed by atoms with Crippen LogP contribution in [0.25, 0.3) is 0 Å². The van der Waals surface area contributed by atoms with Crippen LogP contribution in [0.2, 0.25) is 0 Å². The third kappa shape index (κ3) is 16.2. The Balaban J connectivity index is 5.15. The van der Waals surface area contributed by atoms with Crippen LogP contribution in [0.5, 0.6) is 0 Å². The van der Waals surface area contributed by atoms with Gasteiger partial charge in [-0.3, -0.25) is 14.4 Å². The SMILES string of the molecule is CCCCCCCCCCCCC/C=C/C[N+](CC(CC)C(=O)O)(CC(CC)C(=O)O)CC(CC)C(=O)O. The molecule has 0 rings (SSSR count). The van der Waals surface area contributed by atoms with Gasteiger partial charge in [-0.25, -0.2) is 0 Å². The largest absolute Gasteiger partial charge is 0.481 e. The molecule has 0 heterocycles. The van der Waals surface area contributed by atoms with Crippen LogP contribution in [-0.2, 0) is 14.4 Å². The number of rotatable bonds is 26. The first-order valence-electron chi connectivity index (χ1n) is 15.3. The zero-order chi connectivity index (χ0) is 28.8. The van der Waals surface area contributed by atoms with Crippen LogP contribution in [0.15, 0.2) is 12.2 Å². The van der Waals surface area contributed by atoms with Crippen molar-refractivity contribution in [3.63, 3.8) is 0 Å². The Morgan fingerprint density at radius 1 is 0.553 bits per heavy atom. The number of quaternary nitrogens is 1. The molecular weight excluding hydrogens is 482 g/mol. The monoisotopic (exact) mass is 540 g/mol. The number of nitrogens with zero attached hydrogens (tertiary/aromatic N) is 1. The van der Waals surface area contributed by atoms with E-state index in [1.807, 2.05) is 26.8 Å². The van der Waals surface area contributed by atoms with Crippen LogP contribution >= 0.6 is 0 Å². The number of carboxylic acid groups (broad SMARTS) is 3. The molecule has 3 N–H and O–H groups in total. The summed E-state index contributed by atoms with van der Waals surface area (Å²) in [5, 5.41) is 29.3. The van der Waals surface area contributed by atoms with Crippen molar-refractivity contribution in [3.05, 3.63) is 12.2 Å². The lowest BCUT2D eigenvalue weighted by Crippen LogP contribution is -2.58. The Morgan fingerprint density at radius 3 is 1.21 bits per heavy atom. The maximum absolute atomic E-state index is 11.9. The molecule has 0 radical (unpaired) electrons. The average molecular weight is 541 g/mol. The lowest BCUT2D eigenvalue weighted by molar-refractivity contribution is -0.929. The fraction of sp³-hybridized carbons (Fsp3) is 0.839. The summed E-state index contributed by atoms with van der Waals surface area (Å²) in [4.78, 5) is 35.8. The molecule has 3 unspecified atom stereocenters. The summed E-state index contributed by atoms with van der Waals surface area (Å²) in [7, 11) is 0. The van der Waals surface area contributed by atoms with Gasteiger partial charge in [0.1, 0.15) is 17.8 Å². The second-order valence-corrected chi connectivity index (χ2v) is 11.2. The molecule has 0 aromatic carbocycles. The van der Waals surface area contributed by atoms with Crippen molar-refractivity contribution in [2.75, 3.05) is 26.2 Å². The Kier molecular flexibility index (Phi) is 20.9. The highest BCUT2D eigenvalue weighted by Crippen LogP contribution is 2.24. The predicted octanol–water partition coefficient (Wildman–Crippen LogP) is 7.39. The maximum Gasteiger partial charge on any atom is 0.312 e. The van der Waals surface area contributed by atoms with E-state index in [2.05, 4.69) is 13.0 Å². The van der Waals surface area contributed by atoms with Crippen molar-refractivity contribution >= 4 is 17.9 Å². The lowest BCUT2D eigenvalue weighted by atomic mass is 9.96. The summed E-state index contributed by atoms with van der Waals surface area (Å²) in [6.45, 7) is 8.87. The van der Waals surface area contributed by atoms with Gasteiger partial charge in [-0.05, 0) is 38.2 Å². The van der Waals surface area contributed by atoms with Crippen LogP contribution in [0.1, 0.15) is 124 Å². The minimum absolute atomic E-state index is 0.176. The average Bonchev–Trinajstić information content (AvgIpc) is 2.88. The zero-order valence-corrected chi connectivity index (χ0v) is 24.8. The van der Waals surface area contributed by atoms with Crippen LogP contribution in [0.4, 0.5) is 0 Å². The molecule has 0 fully saturated rings. The van der Waals surface area contributed by atoms with Gasteiger partial charge in [0.05, 0.1) is 26.2 Å². The molecule has 7 heteroatoms. The smallest absolute Gasteiger partial charge is 0.312 e. The molecule has 0 aliphatic carbocycles. The molecule has 0 amide bonds. The minimum atomic E-state index is -0.910. The van der Waals surface area contributed by atoms with E-state index >= 15 is 0 Å². The molecular formula is C31H58NO6+. The molecule has 0 saturated carbocycles. The van der Waals surface area contributed by atoms with E-state index in [9.17, 15) is 29.7 Å². The summed E-state index contributed by atoms with van der Waals surface area (Å²) in [5.41, 5.74) is 0. The molecule has 0 saturated heterocycles. The Hall–Kier alpha value is -1.89. The number of aliphatic carboxylic acids is 3. The third-order valence-electron chi connectivity index (χ3n) is 7.98. The van der Waals surface area contributed by atoms with Gasteiger partial charge < -0.3 is 19.8 Å². The van der Waals surface area contributed by atoms with E-state index in [1.54, 1.807) is 0 Å². The summed E-state index contributed by atoms with van der Waals surface area (Å²) in [6.07, 6.45) is 20.5. The molecule has 7 nitrogen and oxygen atoms in total. The third-order valence-corrected chi connectivity index (χ3v) is 7.98. The van der Waals surface area contributed by atoms with Gasteiger partial charge in [0.25, 0.3) is 0 Å². The molecule has 0 spiro atoms. The summed E-state index contributed by atoms with van der Waals surface area (Å²) < 4.78 is 0.176. The number of hydrogen-bond acceptors (Lipinski definition) is 3. The van der Waals surface area contributed by atoms with Gasteiger partial charge in [0.15, 0.2) is 0 Å². The highest BCUT2D eigenvalue weighted by atomic mass is 16.4. The fourth-order valence-electron chi connectivity index (χ4n) is 5.34. The Morgan fingerprint density at radius 2 is 0.895 bits per heavy atom. The second kappa shape index (κ2) is 22.0. The van der Waals surface area contributed by atoms with E-state index in [0.717, 1.165) is 12.8 Å². The van der Waals surface area contributed by atoms with Crippen molar-refractivity contribution in [2.45, 2.75) is 124 Å². The van der Waals surface area contributed by atoms with Gasteiger partial charge in [-0.15, -0.1) is 0 Å². The molecule has 0 aromatic heterocycles. The van der Waals surface area contributed by atoms with Gasteiger partial charge >= 0.3 is 17.9 Å². The van der Waals surface area contributed by atoms with Crippen molar-refractivity contribution in [3.8, 4) is 0 Å². The van der Waals surface area contributed by atoms with Crippen molar-refractivity contribution in [1.29, 1.82) is 0 Å². The Labute approximate surface area is 232 Å². The van der Waals surface area contributed by atoms with Crippen molar-refractivity contribution in [1.82, 2.24) is 0 Å². The first-order valence-corrected chi connectivity index (χ1v) is 15.3. The van der Waals surface area contributed by atoms with Crippen LogP contribution in [-0.4, -0.2) is 63.9 Å². The van der Waals surface area contributed by atoms with E-state index in [-0.39, 0.29) is 24.1 Å². The number of hydrogen-bond donors (Lipinski definition) is 3. The van der Waals surface area contributed by atoms with Gasteiger partial charge in [-0.2, -0.15) is 0 Å². The number of unbranched alkanes of at least 4 members (excludes halogenated alkanes) is 11. The highest BCUT2D eigenvalue weighted by molar-refractivity contribution is 5.71. The molecule has 3 atom stereocenters. The minimum Gasteiger partial charge on any atom is -0.481 e. The number of carboxylic acids is 3. The quantitative estimate of drug-likeness (QED) is 0.0599. The molecule has 0 aliphatic rings. The summed E-state index contributed by atoms with van der Waals surface area (Å²) in [6, 6.07) is 0. The predicted molar refractivity (Wildman–Crippen MR) is 154 cm³/mol. The summed E-state index contributed by atoms with van der Waals surface area (Å²) >= 11 is 0. The standard InChI is InChI=1S/C31H57NO6/c1-5-9-10-11-12-13-14-15-16-17-18-19-20-21-22-32(23-26(6-2)29(33)34,24-27(7-3)30(35)36)25-28(8-4)31(37)38/h20-21,26-28H,5-19,22-25H2,1-4H3,(H2-,33,34,35,36,37,38)/p+1/b21-20+. The van der Waals surface area contributed by atoms with Gasteiger partial charge in [0, 0.05) is 0 Å². The Bertz CT molecular complexity index is 617. The first-order chi connectivity index (χ1) is 18.2. The van der Waals surface area contributed by atoms with Gasteiger partial charge in [0.2, 0.25) is 0 Å². The van der Waals surface area contributed by atoms with E-state index in [4.69, 9.17) is 0 Å². The maximum atomic E-state index is 11.9. The number of allylic oxidation sites excluding steroid dienone is 1. The topological polar surface area (TPSA) is 112 Å².